The van der Waals surface area contributed by atoms with Gasteiger partial charge in [0, 0.05) is 19.6 Å². The molecule has 14 rings (SSSR count). The second-order valence-electron chi connectivity index (χ2n) is 29.0. The highest BCUT2D eigenvalue weighted by molar-refractivity contribution is 8.43. The maximum absolute atomic E-state index is 2.79. The Kier molecular flexibility index (Phi) is 33.2. The zero-order chi connectivity index (χ0) is 71.5. The van der Waals surface area contributed by atoms with E-state index in [1.165, 1.54) is 241 Å². The molecule has 0 amide bonds. The van der Waals surface area contributed by atoms with E-state index in [0.29, 0.717) is 47.3 Å². The number of benzene rings is 2. The molecular weight excluding hydrogens is 1650 g/mol. The number of thioether (sulfide) groups is 20. The van der Waals surface area contributed by atoms with E-state index >= 15 is 0 Å². The minimum atomic E-state index is 0.503. The van der Waals surface area contributed by atoms with E-state index in [2.05, 4.69) is 339 Å². The molecule has 564 valence electrons. The third-order valence-electron chi connectivity index (χ3n) is 21.4. The van der Waals surface area contributed by atoms with Crippen LogP contribution in [0.4, 0.5) is 0 Å². The number of hydrogen-bond acceptors (Lipinski definition) is 20. The van der Waals surface area contributed by atoms with Gasteiger partial charge in [-0.25, -0.2) is 0 Å². The summed E-state index contributed by atoms with van der Waals surface area (Å²) < 4.78 is 22.3. The number of hydrogen-bond donors (Lipinski definition) is 0. The molecule has 6 heterocycles. The van der Waals surface area contributed by atoms with Gasteiger partial charge in [-0.2, -0.15) is 0 Å². The van der Waals surface area contributed by atoms with Gasteiger partial charge in [0.2, 0.25) is 0 Å². The van der Waals surface area contributed by atoms with Gasteiger partial charge in [0.1, 0.15) is 0 Å². The van der Waals surface area contributed by atoms with Crippen molar-refractivity contribution in [1.29, 1.82) is 0 Å². The second kappa shape index (κ2) is 41.6. The molecule has 104 heavy (non-hydrogen) atoms. The van der Waals surface area contributed by atoms with Crippen LogP contribution in [-0.2, 0) is 0 Å². The molecule has 0 spiro atoms. The number of fused-ring (bicyclic) bond motifs is 14. The van der Waals surface area contributed by atoms with Crippen LogP contribution in [0.15, 0.2) is 127 Å². The average molecular weight is 1760 g/mol. The van der Waals surface area contributed by atoms with Crippen molar-refractivity contribution in [1.82, 2.24) is 0 Å². The molecule has 0 saturated heterocycles. The Labute approximate surface area is 714 Å². The van der Waals surface area contributed by atoms with E-state index in [4.69, 9.17) is 0 Å². The second-order valence-corrected chi connectivity index (χ2v) is 53.9. The van der Waals surface area contributed by atoms with Gasteiger partial charge in [-0.15, -0.1) is 94.1 Å². The molecule has 2 aromatic carbocycles. The summed E-state index contributed by atoms with van der Waals surface area (Å²) in [5.74, 6) is 14.2. The average Bonchev–Trinajstić information content (AvgIpc) is 1.52. The molecule has 20 heteroatoms. The standard InChI is InChI=1S/C84H108S20/c1-9-17-25-37-85-75-76(86-38-26-18-10-2)98-71(97-75)67-55-47-59-60(48-56(55)68(64-52-34-33-51(45-52)63(64)67)72-99-77(87-39-27-19-11-3)78(100-72)88-40-28-20-12-4)94-83(93-59)84-95-61-49-57-58(50-62(61)96-84)70(74-103-81(91-43-31-23-15-7)82(104-74)92-44-32-24-16-8)66-54-36-35-53(46-54)65(66)69(57)73-101-79(89-41-29-21-13-5)80(102-73)90-42-30-22-14-6/h33-36,47-54,63-66H,9-32,37-46H2,1-8H3. The smallest absolute Gasteiger partial charge is 0.0706 e. The quantitative estimate of drug-likeness (QED) is 0.0459. The van der Waals surface area contributed by atoms with Crippen molar-refractivity contribution < 1.29 is 0 Å². The zero-order valence-corrected chi connectivity index (χ0v) is 78.8. The number of allylic oxidation sites excluding steroid dienone is 8. The highest BCUT2D eigenvalue weighted by Crippen LogP contribution is 2.75. The van der Waals surface area contributed by atoms with Gasteiger partial charge in [0.05, 0.1) is 59.3 Å². The first-order valence-electron chi connectivity index (χ1n) is 39.8. The van der Waals surface area contributed by atoms with E-state index in [9.17, 15) is 0 Å². The number of rotatable bonds is 40. The molecule has 0 radical (unpaired) electrons. The first kappa shape index (κ1) is 83.1. The summed E-state index contributed by atoms with van der Waals surface area (Å²) in [7, 11) is 0. The Morgan fingerprint density at radius 2 is 0.404 bits per heavy atom. The van der Waals surface area contributed by atoms with Crippen molar-refractivity contribution in [3.8, 4) is 0 Å². The van der Waals surface area contributed by atoms with Crippen LogP contribution in [0.25, 0.3) is 22.3 Å². The minimum Gasteiger partial charge on any atom is -0.117 e. The van der Waals surface area contributed by atoms with Crippen LogP contribution in [0.3, 0.4) is 0 Å². The van der Waals surface area contributed by atoms with Crippen molar-refractivity contribution in [2.75, 3.05) is 46.0 Å². The predicted molar refractivity (Wildman–Crippen MR) is 511 cm³/mol. The molecule has 0 aromatic heterocycles. The Balaban J connectivity index is 0.863. The fourth-order valence-electron chi connectivity index (χ4n) is 16.2. The summed E-state index contributed by atoms with van der Waals surface area (Å²) in [5.41, 5.74) is 13.1. The summed E-state index contributed by atoms with van der Waals surface area (Å²) in [6.07, 6.45) is 44.6. The van der Waals surface area contributed by atoms with Crippen molar-refractivity contribution in [3.63, 3.8) is 0 Å². The van der Waals surface area contributed by atoms with Gasteiger partial charge in [-0.3, -0.25) is 0 Å². The van der Waals surface area contributed by atoms with E-state index in [1.54, 1.807) is 95.4 Å². The summed E-state index contributed by atoms with van der Waals surface area (Å²) >= 11 is 43.5. The number of unbranched alkanes of at least 4 members (excludes halogenated alkanes) is 16. The lowest BCUT2D eigenvalue weighted by Crippen LogP contribution is -2.28. The molecule has 12 aliphatic rings. The third kappa shape index (κ3) is 19.4. The van der Waals surface area contributed by atoms with Gasteiger partial charge in [-0.1, -0.05) is 324 Å². The fourth-order valence-corrected chi connectivity index (χ4v) is 46.3. The largest absolute Gasteiger partial charge is 0.117 e. The summed E-state index contributed by atoms with van der Waals surface area (Å²) in [6, 6.07) is 11.1. The van der Waals surface area contributed by atoms with Crippen molar-refractivity contribution >= 4 is 258 Å². The summed E-state index contributed by atoms with van der Waals surface area (Å²) in [4.78, 5) is 5.94. The van der Waals surface area contributed by atoms with E-state index in [1.807, 2.05) is 0 Å². The molecule has 8 unspecified atom stereocenters. The molecule has 2 aromatic rings. The minimum absolute atomic E-state index is 0.503. The lowest BCUT2D eigenvalue weighted by molar-refractivity contribution is 0.467. The Hall–Kier alpha value is 2.58. The maximum atomic E-state index is 2.79. The Morgan fingerprint density at radius 1 is 0.231 bits per heavy atom. The Bertz CT molecular complexity index is 3220. The van der Waals surface area contributed by atoms with Crippen molar-refractivity contribution in [3.05, 3.63) is 130 Å². The molecule has 2 fully saturated rings. The van der Waals surface area contributed by atoms with Crippen LogP contribution in [0.2, 0.25) is 0 Å². The first-order valence-corrected chi connectivity index (χ1v) is 57.5. The summed E-state index contributed by atoms with van der Waals surface area (Å²) in [5, 5.41) is 0. The predicted octanol–water partition coefficient (Wildman–Crippen LogP) is 35.3. The fraction of sp³-hybridized carbons (Fsp3) is 0.595. The van der Waals surface area contributed by atoms with Crippen LogP contribution < -0.4 is 0 Å². The van der Waals surface area contributed by atoms with Crippen LogP contribution in [0.5, 0.6) is 0 Å². The normalized spacial score (nSPS) is 24.9. The van der Waals surface area contributed by atoms with E-state index < -0.39 is 0 Å². The highest BCUT2D eigenvalue weighted by atomic mass is 32.3. The molecule has 6 aliphatic heterocycles. The van der Waals surface area contributed by atoms with Crippen LogP contribution in [-0.4, -0.2) is 46.0 Å². The lowest BCUT2D eigenvalue weighted by Gasteiger charge is -2.40. The van der Waals surface area contributed by atoms with Gasteiger partial charge >= 0.3 is 0 Å². The molecule has 6 aliphatic carbocycles. The SMILES string of the molecule is CCCCCSC1=C(SCCCCC)SC(=C2c3cc4c(cc3C(=C3SC(SCCCCC)=C(SCCCCC)S3)C3C5C=CC(C5)C23)SC(=C2Sc3cc5c(cc3S2)C(=C2SC(SCCCCC)=C(SCCCCC)S2)C2C3C=CC(C3)C2C5=C2SC(SCCCCC)=C(SCCCCC)S2)S4)S1. The van der Waals surface area contributed by atoms with E-state index in [-0.39, 0.29) is 0 Å². The monoisotopic (exact) mass is 1760 g/mol. The Morgan fingerprint density at radius 3 is 0.567 bits per heavy atom. The van der Waals surface area contributed by atoms with Gasteiger partial charge in [-0.05, 0) is 226 Å². The molecule has 2 saturated carbocycles. The molecule has 4 bridgehead atoms. The van der Waals surface area contributed by atoms with E-state index in [0.717, 1.165) is 0 Å². The van der Waals surface area contributed by atoms with Crippen molar-refractivity contribution in [2.24, 2.45) is 47.3 Å². The van der Waals surface area contributed by atoms with Gasteiger partial charge in [0.15, 0.2) is 0 Å². The molecule has 0 nitrogen and oxygen atoms in total. The third-order valence-corrected chi connectivity index (χ3v) is 49.9. The van der Waals surface area contributed by atoms with Gasteiger partial charge in [0.25, 0.3) is 0 Å². The van der Waals surface area contributed by atoms with Gasteiger partial charge < -0.3 is 0 Å². The van der Waals surface area contributed by atoms with Crippen LogP contribution in [0.1, 0.15) is 245 Å². The zero-order valence-electron chi connectivity index (χ0n) is 62.4. The lowest BCUT2D eigenvalue weighted by atomic mass is 9.66. The van der Waals surface area contributed by atoms with Crippen LogP contribution >= 0.6 is 235 Å². The first-order chi connectivity index (χ1) is 51.3. The van der Waals surface area contributed by atoms with Crippen molar-refractivity contribution in [2.45, 2.75) is 242 Å². The molecule has 0 N–H and O–H groups in total. The molecule has 8 atom stereocenters. The van der Waals surface area contributed by atoms with Crippen LogP contribution in [0, 0.1) is 47.3 Å². The molecular formula is C84H108S20. The highest BCUT2D eigenvalue weighted by Gasteiger charge is 2.56. The maximum Gasteiger partial charge on any atom is 0.0706 e. The summed E-state index contributed by atoms with van der Waals surface area (Å²) in [6.45, 7) is 18.9. The topological polar surface area (TPSA) is 0 Å².